The number of urea groups is 1. The second-order valence-electron chi connectivity index (χ2n) is 6.81. The summed E-state index contributed by atoms with van der Waals surface area (Å²) in [6.07, 6.45) is 4.33. The van der Waals surface area contributed by atoms with Gasteiger partial charge < -0.3 is 25.0 Å². The van der Waals surface area contributed by atoms with Gasteiger partial charge in [0.05, 0.1) is 18.9 Å². The number of ether oxygens (including phenoxy) is 2. The zero-order chi connectivity index (χ0) is 21.7. The zero-order valence-electron chi connectivity index (χ0n) is 16.6. The third-order valence-corrected chi connectivity index (χ3v) is 4.72. The fourth-order valence-corrected chi connectivity index (χ4v) is 3.18. The minimum Gasteiger partial charge on any atom is -0.493 e. The molecule has 11 heteroatoms. The van der Waals surface area contributed by atoms with E-state index in [0.717, 1.165) is 0 Å². The van der Waals surface area contributed by atoms with Crippen LogP contribution in [-0.4, -0.2) is 59.5 Å². The normalized spacial score (nSPS) is 14.5. The molecular weight excluding hydrogens is 400 g/mol. The van der Waals surface area contributed by atoms with Gasteiger partial charge in [-0.05, 0) is 25.0 Å². The number of benzene rings is 1. The molecule has 0 aliphatic carbocycles. The molecule has 9 nitrogen and oxygen atoms in total. The number of aryl methyl sites for hydroxylation is 1. The smallest absolute Gasteiger partial charge is 0.387 e. The van der Waals surface area contributed by atoms with Crippen LogP contribution in [0.25, 0.3) is 0 Å². The van der Waals surface area contributed by atoms with Gasteiger partial charge in [0.25, 0.3) is 5.91 Å². The van der Waals surface area contributed by atoms with E-state index < -0.39 is 6.61 Å². The number of anilines is 1. The predicted molar refractivity (Wildman–Crippen MR) is 104 cm³/mol. The molecule has 3 rings (SSSR count). The minimum absolute atomic E-state index is 0.0474. The number of carbonyl (C=O) groups excluding carboxylic acids is 2. The Balaban J connectivity index is 1.52. The standard InChI is InChI=1S/C19H23F2N5O4/c1-25-11-12(10-22-25)17(27)23-13-5-7-26(8-6-13)19(28)24-14-3-4-15(29-2)16(9-14)30-18(20)21/h3-4,9-11,13,18H,5-8H2,1-2H3,(H,23,27)(H,24,28). The summed E-state index contributed by atoms with van der Waals surface area (Å²) >= 11 is 0. The topological polar surface area (TPSA) is 97.7 Å². The number of nitrogens with zero attached hydrogens (tertiary/aromatic N) is 3. The van der Waals surface area contributed by atoms with E-state index >= 15 is 0 Å². The van der Waals surface area contributed by atoms with Crippen LogP contribution in [0.5, 0.6) is 11.5 Å². The molecule has 2 heterocycles. The van der Waals surface area contributed by atoms with Crippen molar-refractivity contribution in [2.45, 2.75) is 25.5 Å². The molecule has 1 aliphatic heterocycles. The highest BCUT2D eigenvalue weighted by Crippen LogP contribution is 2.31. The summed E-state index contributed by atoms with van der Waals surface area (Å²) in [6.45, 7) is -2.12. The van der Waals surface area contributed by atoms with Gasteiger partial charge >= 0.3 is 12.6 Å². The van der Waals surface area contributed by atoms with E-state index in [1.807, 2.05) is 0 Å². The first-order valence-electron chi connectivity index (χ1n) is 9.34. The number of aromatic nitrogens is 2. The minimum atomic E-state index is -3.01. The monoisotopic (exact) mass is 423 g/mol. The fraction of sp³-hybridized carbons (Fsp3) is 0.421. The highest BCUT2D eigenvalue weighted by Gasteiger charge is 2.25. The van der Waals surface area contributed by atoms with Crippen molar-refractivity contribution in [3.05, 3.63) is 36.2 Å². The van der Waals surface area contributed by atoms with E-state index in [0.29, 0.717) is 37.2 Å². The van der Waals surface area contributed by atoms with Gasteiger partial charge in [0.1, 0.15) is 0 Å². The zero-order valence-corrected chi connectivity index (χ0v) is 16.6. The first-order valence-corrected chi connectivity index (χ1v) is 9.34. The summed E-state index contributed by atoms with van der Waals surface area (Å²) < 4.78 is 36.1. The maximum Gasteiger partial charge on any atom is 0.387 e. The number of amides is 3. The van der Waals surface area contributed by atoms with Crippen molar-refractivity contribution < 1.29 is 27.8 Å². The Kier molecular flexibility index (Phi) is 6.70. The highest BCUT2D eigenvalue weighted by atomic mass is 19.3. The molecule has 162 valence electrons. The van der Waals surface area contributed by atoms with Crippen LogP contribution in [0.15, 0.2) is 30.6 Å². The Bertz CT molecular complexity index is 897. The molecule has 0 bridgehead atoms. The molecular formula is C19H23F2N5O4. The fourth-order valence-electron chi connectivity index (χ4n) is 3.18. The van der Waals surface area contributed by atoms with Gasteiger partial charge in [0.2, 0.25) is 0 Å². The second kappa shape index (κ2) is 9.42. The molecule has 2 aromatic rings. The molecule has 1 aliphatic rings. The van der Waals surface area contributed by atoms with Gasteiger partial charge in [-0.1, -0.05) is 0 Å². The first-order chi connectivity index (χ1) is 14.4. The molecule has 0 atom stereocenters. The summed E-state index contributed by atoms with van der Waals surface area (Å²) in [5.74, 6) is -0.226. The van der Waals surface area contributed by atoms with Crippen molar-refractivity contribution in [3.8, 4) is 11.5 Å². The third-order valence-electron chi connectivity index (χ3n) is 4.72. The molecule has 3 amide bonds. The number of alkyl halides is 2. The Morgan fingerprint density at radius 1 is 1.23 bits per heavy atom. The summed E-state index contributed by atoms with van der Waals surface area (Å²) in [6, 6.07) is 3.85. The number of piperidine rings is 1. The van der Waals surface area contributed by atoms with Gasteiger partial charge in [-0.15, -0.1) is 0 Å². The van der Waals surface area contributed by atoms with Crippen molar-refractivity contribution in [3.63, 3.8) is 0 Å². The molecule has 0 spiro atoms. The lowest BCUT2D eigenvalue weighted by molar-refractivity contribution is -0.0511. The van der Waals surface area contributed by atoms with Crippen LogP contribution >= 0.6 is 0 Å². The van der Waals surface area contributed by atoms with Crippen LogP contribution in [0.4, 0.5) is 19.3 Å². The number of nitrogens with one attached hydrogen (secondary N) is 2. The molecule has 0 radical (unpaired) electrons. The maximum absolute atomic E-state index is 12.6. The van der Waals surface area contributed by atoms with Crippen molar-refractivity contribution in [2.75, 3.05) is 25.5 Å². The van der Waals surface area contributed by atoms with Gasteiger partial charge in [-0.2, -0.15) is 13.9 Å². The van der Waals surface area contributed by atoms with Crippen LogP contribution in [0.2, 0.25) is 0 Å². The second-order valence-corrected chi connectivity index (χ2v) is 6.81. The summed E-state index contributed by atoms with van der Waals surface area (Å²) in [4.78, 5) is 26.3. The lowest BCUT2D eigenvalue weighted by atomic mass is 10.0. The Morgan fingerprint density at radius 3 is 2.57 bits per heavy atom. The van der Waals surface area contributed by atoms with Crippen LogP contribution in [0.1, 0.15) is 23.2 Å². The van der Waals surface area contributed by atoms with E-state index in [-0.39, 0.29) is 29.5 Å². The van der Waals surface area contributed by atoms with Gasteiger partial charge in [0, 0.05) is 44.1 Å². The predicted octanol–water partition coefficient (Wildman–Crippen LogP) is 2.46. The number of hydrogen-bond acceptors (Lipinski definition) is 5. The lowest BCUT2D eigenvalue weighted by Crippen LogP contribution is -2.47. The van der Waals surface area contributed by atoms with E-state index in [1.165, 1.54) is 31.5 Å². The van der Waals surface area contributed by atoms with Crippen molar-refractivity contribution in [1.29, 1.82) is 0 Å². The molecule has 0 saturated carbocycles. The van der Waals surface area contributed by atoms with Crippen molar-refractivity contribution >= 4 is 17.6 Å². The molecule has 1 fully saturated rings. The molecule has 0 unspecified atom stereocenters. The van der Waals surface area contributed by atoms with Crippen LogP contribution < -0.4 is 20.1 Å². The van der Waals surface area contributed by atoms with E-state index in [4.69, 9.17) is 4.74 Å². The average Bonchev–Trinajstić information content (AvgIpc) is 3.15. The number of hydrogen-bond donors (Lipinski definition) is 2. The SMILES string of the molecule is COc1ccc(NC(=O)N2CCC(NC(=O)c3cnn(C)c3)CC2)cc1OC(F)F. The van der Waals surface area contributed by atoms with Crippen LogP contribution in [-0.2, 0) is 7.05 Å². The Hall–Kier alpha value is -3.37. The number of rotatable bonds is 6. The van der Waals surface area contributed by atoms with Crippen LogP contribution in [0, 0.1) is 0 Å². The number of halogens is 2. The summed E-state index contributed by atoms with van der Waals surface area (Å²) in [5, 5.41) is 9.59. The van der Waals surface area contributed by atoms with E-state index in [1.54, 1.807) is 22.8 Å². The molecule has 1 aromatic heterocycles. The molecule has 30 heavy (non-hydrogen) atoms. The van der Waals surface area contributed by atoms with Gasteiger partial charge in [0.15, 0.2) is 11.5 Å². The third kappa shape index (κ3) is 5.37. The van der Waals surface area contributed by atoms with Crippen molar-refractivity contribution in [2.24, 2.45) is 7.05 Å². The quantitative estimate of drug-likeness (QED) is 0.744. The molecule has 1 aromatic carbocycles. The van der Waals surface area contributed by atoms with E-state index in [2.05, 4.69) is 20.5 Å². The number of likely N-dealkylation sites (tertiary alicyclic amines) is 1. The largest absolute Gasteiger partial charge is 0.493 e. The number of carbonyl (C=O) groups is 2. The van der Waals surface area contributed by atoms with Crippen molar-refractivity contribution in [1.82, 2.24) is 20.0 Å². The average molecular weight is 423 g/mol. The van der Waals surface area contributed by atoms with Gasteiger partial charge in [-0.25, -0.2) is 4.79 Å². The molecule has 2 N–H and O–H groups in total. The Morgan fingerprint density at radius 2 is 1.97 bits per heavy atom. The van der Waals surface area contributed by atoms with Gasteiger partial charge in [-0.3, -0.25) is 9.48 Å². The molecule has 1 saturated heterocycles. The number of methoxy groups -OCH3 is 1. The van der Waals surface area contributed by atoms with Crippen LogP contribution in [0.3, 0.4) is 0 Å². The Labute approximate surface area is 171 Å². The summed E-state index contributed by atoms with van der Waals surface area (Å²) in [5.41, 5.74) is 0.794. The first kappa shape index (κ1) is 21.3. The maximum atomic E-state index is 12.6. The van der Waals surface area contributed by atoms with E-state index in [9.17, 15) is 18.4 Å². The lowest BCUT2D eigenvalue weighted by Gasteiger charge is -2.32. The highest BCUT2D eigenvalue weighted by molar-refractivity contribution is 5.94. The summed E-state index contributed by atoms with van der Waals surface area (Å²) in [7, 11) is 3.07.